The number of unbranched alkanes of at least 4 members (excludes halogenated alkanes) is 3. The van der Waals surface area contributed by atoms with E-state index in [0.717, 1.165) is 26.2 Å². The molecule has 32 N–H and O–H groups in total. The number of nitro benzene ring substituents is 1. The number of guanidine groups is 1. The van der Waals surface area contributed by atoms with Gasteiger partial charge < -0.3 is 148 Å². The van der Waals surface area contributed by atoms with E-state index in [0.29, 0.717) is 31.4 Å². The van der Waals surface area contributed by atoms with E-state index in [1.54, 1.807) is 37.3 Å². The Morgan fingerprint density at radius 3 is 1.32 bits per heavy atom. The average molecular weight is 1920 g/mol. The Hall–Kier alpha value is -14.5. The highest BCUT2D eigenvalue weighted by Crippen LogP contribution is 2.27. The zero-order valence-corrected chi connectivity index (χ0v) is 75.9. The third-order valence-corrected chi connectivity index (χ3v) is 20.7. The molecule has 0 saturated carbocycles. The molecule has 1 heterocycles. The molecular weight excluding hydrogens is 1800 g/mol. The van der Waals surface area contributed by atoms with Crippen LogP contribution in [-0.2, 0) is 113 Å². The molecule has 17 atom stereocenters. The molecule has 0 spiro atoms. The minimum Gasteiger partial charge on any atom is -0.481 e. The van der Waals surface area contributed by atoms with Crippen LogP contribution in [0.1, 0.15) is 173 Å². The first kappa shape index (κ1) is 116. The van der Waals surface area contributed by atoms with E-state index < -0.39 is 302 Å². The molecule has 15 amide bonds. The summed E-state index contributed by atoms with van der Waals surface area (Å²) in [6.07, 6.45) is -4.86. The summed E-state index contributed by atoms with van der Waals surface area (Å²) in [5.41, 5.74) is 22.3. The number of aliphatic hydroxyl groups is 2. The molecule has 0 saturated heterocycles. The van der Waals surface area contributed by atoms with Gasteiger partial charge >= 0.3 is 29.8 Å². The number of nitrogens with zero attached hydrogens (tertiary/aromatic N) is 2. The number of imidazole rings is 1. The summed E-state index contributed by atoms with van der Waals surface area (Å²) in [4.78, 5) is 292. The molecule has 0 aliphatic heterocycles. The number of para-hydroxylation sites is 1. The number of methoxy groups -OCH3 is 1. The Labute approximate surface area is 779 Å². The first-order valence-electron chi connectivity index (χ1n) is 43.6. The number of amides is 15. The van der Waals surface area contributed by atoms with Crippen molar-refractivity contribution in [3.63, 3.8) is 0 Å². The van der Waals surface area contributed by atoms with Crippen LogP contribution in [0.3, 0.4) is 0 Å². The van der Waals surface area contributed by atoms with Crippen LogP contribution in [0.5, 0.6) is 0 Å². The number of nitrogens with two attached hydrogens (primary N) is 4. The molecule has 0 radical (unpaired) electrons. The molecule has 0 bridgehead atoms. The summed E-state index contributed by atoms with van der Waals surface area (Å²) in [7, 11) is 0.904. The minimum absolute atomic E-state index is 0.0451. The van der Waals surface area contributed by atoms with Crippen LogP contribution in [-0.4, -0.2) is 300 Å². The van der Waals surface area contributed by atoms with E-state index in [9.17, 15) is 122 Å². The van der Waals surface area contributed by atoms with Gasteiger partial charge in [0.2, 0.25) is 88.6 Å². The summed E-state index contributed by atoms with van der Waals surface area (Å²) >= 11 is 0. The number of carbonyl (C=O) groups is 20. The second-order valence-electron chi connectivity index (χ2n) is 31.6. The quantitative estimate of drug-likeness (QED) is 0.00623. The number of nitro groups is 1. The van der Waals surface area contributed by atoms with Gasteiger partial charge in [-0.3, -0.25) is 102 Å². The SMILES string of the molecule is CCCC[C@H](NC(=O)[C@H](Cc1c[nH]cn1)NC(=O)[C@H](CCC(=O)NC(C(=O)OC)c1ccccc1[N+](=O)[O-])NC(=O)[C@H](CCCNC(=N)N)NC(=O)[C@H](CCC(=O)O)NC(=O)[C@H](Cc1ccccc1)NC(=O)[C@H](CCCCN)NC(=O)[C@H](C)NC(=O)[C@H](C)NC(=O)[C@H](C)NC(=O)[C@@H](NC(=O)[C@H](CCC(=O)O)NC(=O)[C@@H](N)CCCCN)[C@@H](C)O)C(=O)N[C@@H](CC(=O)O)C(=O)N[C@@H](CO)C(=O)O. The fourth-order valence-corrected chi connectivity index (χ4v) is 13.0. The van der Waals surface area contributed by atoms with Crippen LogP contribution in [0.4, 0.5) is 5.69 Å². The predicted octanol–water partition coefficient (Wildman–Crippen LogP) is -7.54. The van der Waals surface area contributed by atoms with Crippen LogP contribution < -0.4 is 108 Å². The van der Waals surface area contributed by atoms with Crippen LogP contribution >= 0.6 is 0 Å². The van der Waals surface area contributed by atoms with Gasteiger partial charge in [-0.2, -0.15) is 0 Å². The van der Waals surface area contributed by atoms with E-state index in [2.05, 4.69) is 89.7 Å². The van der Waals surface area contributed by atoms with Gasteiger partial charge in [0.15, 0.2) is 12.0 Å². The standard InChI is InChI=1S/C83H126N24O29/c1-7-8-23-50(72(122)103-58(38-64(115)116)79(129)104-59(40-108)81(131)132)98-78(128)57(37-47-39-89-41-91-47)102-75(125)53(27-30-61(110)105-66(82(133)136-6)48-21-12-13-26-60(48)107(134)135)99-71(121)52(25-18-35-90-83(87)88)97-74(124)54(28-31-62(111)112)100-77(127)56(36-46-19-10-9-11-20-46)101-73(123)51(24-15-17-34-85)95-69(119)44(4)93-67(117)42(2)92-68(118)43(3)94-80(130)65(45(5)109)106-76(126)55(29-32-63(113)114)96-70(120)49(86)22-14-16-33-84/h9-13,19-21,26,39,41-45,49-59,65-66,108-109H,7-8,14-18,22-25,27-38,40,84-86H2,1-6H3,(H,89,91)(H,92,118)(H,93,117)(H,94,130)(H,95,119)(H,96,120)(H,97,124)(H,98,128)(H,99,121)(H,100,127)(H,101,123)(H,102,125)(H,103,122)(H,104,129)(H,105,110)(H,106,126)(H,111,112)(H,113,114)(H,115,116)(H,131,132)(H4,87,88,90)/t42-,43-,44-,45+,49-,50-,51-,52-,53-,54-,55-,56-,57-,58-,59-,65-,66?/m0/s1. The Morgan fingerprint density at radius 1 is 0.471 bits per heavy atom. The maximum atomic E-state index is 15.2. The monoisotopic (exact) mass is 1920 g/mol. The molecule has 136 heavy (non-hydrogen) atoms. The van der Waals surface area contributed by atoms with Gasteiger partial charge in [-0.25, -0.2) is 14.6 Å². The van der Waals surface area contributed by atoms with Gasteiger partial charge in [-0.05, 0) is 123 Å². The molecule has 2 aromatic carbocycles. The Morgan fingerprint density at radius 2 is 0.875 bits per heavy atom. The van der Waals surface area contributed by atoms with E-state index in [1.807, 2.05) is 5.32 Å². The highest BCUT2D eigenvalue weighted by Gasteiger charge is 2.40. The predicted molar refractivity (Wildman–Crippen MR) is 477 cm³/mol. The molecule has 0 fully saturated rings. The van der Waals surface area contributed by atoms with E-state index in [4.69, 9.17) is 33.1 Å². The summed E-state index contributed by atoms with van der Waals surface area (Å²) in [6.45, 7) is 5.37. The van der Waals surface area contributed by atoms with Crippen LogP contribution in [0.25, 0.3) is 0 Å². The Kier molecular flexibility index (Phi) is 51.6. The Bertz CT molecular complexity index is 4590. The fourth-order valence-electron chi connectivity index (χ4n) is 13.0. The fraction of sp³-hybridized carbons (Fsp3) is 0.566. The Balaban J connectivity index is 2.09. The molecular formula is C83H126N24O29. The van der Waals surface area contributed by atoms with Crippen molar-refractivity contribution >= 4 is 130 Å². The number of rotatable bonds is 65. The maximum absolute atomic E-state index is 15.2. The lowest BCUT2D eigenvalue weighted by Gasteiger charge is -2.28. The number of carboxylic acids is 4. The van der Waals surface area contributed by atoms with Gasteiger partial charge in [0.1, 0.15) is 84.6 Å². The minimum atomic E-state index is -2.08. The number of hydrogen-bond acceptors (Lipinski definition) is 30. The lowest BCUT2D eigenvalue weighted by molar-refractivity contribution is -0.385. The zero-order chi connectivity index (χ0) is 102. The largest absolute Gasteiger partial charge is 0.481 e. The smallest absolute Gasteiger partial charge is 0.333 e. The molecule has 3 rings (SSSR count). The second-order valence-corrected chi connectivity index (χ2v) is 31.6. The first-order chi connectivity index (χ1) is 64.3. The third kappa shape index (κ3) is 42.2. The van der Waals surface area contributed by atoms with Crippen molar-refractivity contribution in [2.75, 3.05) is 33.4 Å². The molecule has 752 valence electrons. The molecule has 53 heteroatoms. The van der Waals surface area contributed by atoms with Crippen molar-refractivity contribution in [2.45, 2.75) is 266 Å². The summed E-state index contributed by atoms with van der Waals surface area (Å²) in [5.74, 6) is -25.3. The van der Waals surface area contributed by atoms with Gasteiger partial charge in [0.05, 0.1) is 54.8 Å². The lowest BCUT2D eigenvalue weighted by Crippen LogP contribution is -2.61. The average Bonchev–Trinajstić information content (AvgIpc) is 1.30. The molecule has 3 aromatic rings. The number of esters is 1. The summed E-state index contributed by atoms with van der Waals surface area (Å²) < 4.78 is 4.87. The number of aromatic amines is 1. The number of carbonyl (C=O) groups excluding carboxylic acids is 16. The number of aliphatic hydroxyl groups excluding tert-OH is 2. The molecule has 1 aromatic heterocycles. The van der Waals surface area contributed by atoms with Crippen molar-refractivity contribution in [2.24, 2.45) is 22.9 Å². The van der Waals surface area contributed by atoms with Gasteiger partial charge in [-0.15, -0.1) is 0 Å². The highest BCUT2D eigenvalue weighted by atomic mass is 16.6. The zero-order valence-electron chi connectivity index (χ0n) is 75.9. The van der Waals surface area contributed by atoms with Crippen molar-refractivity contribution in [1.82, 2.24) is 95.0 Å². The summed E-state index contributed by atoms with van der Waals surface area (Å²) in [5, 5.41) is 117. The van der Waals surface area contributed by atoms with Gasteiger partial charge in [-0.1, -0.05) is 68.7 Å². The van der Waals surface area contributed by atoms with Crippen LogP contribution in [0.15, 0.2) is 67.1 Å². The number of nitrogens with one attached hydrogen (secondary N) is 18. The number of benzene rings is 2. The molecule has 0 aliphatic rings. The topological polar surface area (TPSA) is 864 Å². The molecule has 0 aliphatic carbocycles. The number of H-pyrrole nitrogens is 1. The molecule has 1 unspecified atom stereocenters. The van der Waals surface area contributed by atoms with Crippen molar-refractivity contribution in [3.8, 4) is 0 Å². The summed E-state index contributed by atoms with van der Waals surface area (Å²) in [6, 6.07) is -15.2. The second kappa shape index (κ2) is 60.6. The third-order valence-electron chi connectivity index (χ3n) is 20.7. The van der Waals surface area contributed by atoms with Crippen LogP contribution in [0.2, 0.25) is 0 Å². The van der Waals surface area contributed by atoms with Crippen molar-refractivity contribution < 1.29 is 136 Å². The van der Waals surface area contributed by atoms with E-state index in [1.165, 1.54) is 45.4 Å². The highest BCUT2D eigenvalue weighted by molar-refractivity contribution is 6.01. The number of aromatic nitrogens is 2. The maximum Gasteiger partial charge on any atom is 0.333 e. The van der Waals surface area contributed by atoms with E-state index >= 15 is 14.4 Å². The number of ether oxygens (including phenoxy) is 1. The number of aliphatic carboxylic acids is 4. The van der Waals surface area contributed by atoms with E-state index in [-0.39, 0.29) is 75.7 Å². The number of hydrogen-bond donors (Lipinski definition) is 28. The van der Waals surface area contributed by atoms with Gasteiger partial charge in [0.25, 0.3) is 5.69 Å². The van der Waals surface area contributed by atoms with Gasteiger partial charge in [0, 0.05) is 50.9 Å². The normalized spacial score (nSPS) is 14.7. The molecule has 53 nitrogen and oxygen atoms in total. The lowest BCUT2D eigenvalue weighted by atomic mass is 10.0. The number of carboxylic acid groups (broad SMARTS) is 4. The van der Waals surface area contributed by atoms with Crippen LogP contribution in [0, 0.1) is 15.5 Å². The first-order valence-corrected chi connectivity index (χ1v) is 43.6. The van der Waals surface area contributed by atoms with Crippen molar-refractivity contribution in [3.05, 3.63) is 94.1 Å². The van der Waals surface area contributed by atoms with Crippen molar-refractivity contribution in [1.29, 1.82) is 5.41 Å².